The number of nitrogens with zero attached hydrogens (tertiary/aromatic N) is 1. The van der Waals surface area contributed by atoms with Gasteiger partial charge in [0.1, 0.15) is 5.01 Å². The molecular formula is C21H22N2OS. The molecule has 0 fully saturated rings. The molecule has 0 radical (unpaired) electrons. The molecule has 128 valence electrons. The molecule has 2 aromatic carbocycles. The molecule has 1 amide bonds. The Labute approximate surface area is 152 Å². The van der Waals surface area contributed by atoms with Gasteiger partial charge < -0.3 is 5.32 Å². The first-order valence-electron chi connectivity index (χ1n) is 8.43. The van der Waals surface area contributed by atoms with Crippen LogP contribution in [-0.4, -0.2) is 10.9 Å². The van der Waals surface area contributed by atoms with Crippen molar-refractivity contribution in [2.24, 2.45) is 0 Å². The van der Waals surface area contributed by atoms with Gasteiger partial charge in [0.25, 0.3) is 5.91 Å². The minimum atomic E-state index is -0.0688. The number of thiazole rings is 1. The van der Waals surface area contributed by atoms with Crippen molar-refractivity contribution in [1.29, 1.82) is 0 Å². The number of aromatic nitrogens is 1. The van der Waals surface area contributed by atoms with Gasteiger partial charge in [-0.3, -0.25) is 4.79 Å². The highest BCUT2D eigenvalue weighted by Gasteiger charge is 2.10. The molecule has 0 saturated heterocycles. The highest BCUT2D eigenvalue weighted by Crippen LogP contribution is 2.26. The van der Waals surface area contributed by atoms with E-state index in [1.54, 1.807) is 11.3 Å². The standard InChI is InChI=1S/C21H22N2OS/c1-14(2)16-8-10-17(11-9-16)20(24)22-12-18-13-25-21(23-18)19-7-5-4-6-15(19)3/h4-11,13-14H,12H2,1-3H3,(H,22,24). The molecule has 0 bridgehead atoms. The molecule has 0 spiro atoms. The summed E-state index contributed by atoms with van der Waals surface area (Å²) in [6.45, 7) is 6.80. The monoisotopic (exact) mass is 350 g/mol. The van der Waals surface area contributed by atoms with E-state index in [9.17, 15) is 4.79 Å². The molecule has 1 heterocycles. The minimum Gasteiger partial charge on any atom is -0.346 e. The number of amides is 1. The van der Waals surface area contributed by atoms with E-state index in [2.05, 4.69) is 43.2 Å². The second kappa shape index (κ2) is 7.62. The zero-order valence-electron chi connectivity index (χ0n) is 14.7. The van der Waals surface area contributed by atoms with Crippen molar-refractivity contribution in [1.82, 2.24) is 10.3 Å². The maximum Gasteiger partial charge on any atom is 0.251 e. The highest BCUT2D eigenvalue weighted by atomic mass is 32.1. The zero-order valence-corrected chi connectivity index (χ0v) is 15.6. The number of nitrogens with one attached hydrogen (secondary N) is 1. The number of hydrogen-bond donors (Lipinski definition) is 1. The van der Waals surface area contributed by atoms with Gasteiger partial charge in [0, 0.05) is 16.5 Å². The summed E-state index contributed by atoms with van der Waals surface area (Å²) in [5.74, 6) is 0.396. The van der Waals surface area contributed by atoms with Gasteiger partial charge in [-0.25, -0.2) is 4.98 Å². The van der Waals surface area contributed by atoms with Crippen molar-refractivity contribution in [3.05, 3.63) is 76.3 Å². The molecule has 0 unspecified atom stereocenters. The third kappa shape index (κ3) is 4.15. The van der Waals surface area contributed by atoms with E-state index in [1.807, 2.05) is 41.8 Å². The summed E-state index contributed by atoms with van der Waals surface area (Å²) in [5, 5.41) is 5.94. The molecule has 0 aliphatic rings. The predicted octanol–water partition coefficient (Wildman–Crippen LogP) is 5.17. The molecule has 0 aliphatic carbocycles. The first kappa shape index (κ1) is 17.4. The van der Waals surface area contributed by atoms with Crippen LogP contribution < -0.4 is 5.32 Å². The number of benzene rings is 2. The number of hydrogen-bond acceptors (Lipinski definition) is 3. The van der Waals surface area contributed by atoms with Crippen molar-refractivity contribution >= 4 is 17.2 Å². The van der Waals surface area contributed by atoms with Gasteiger partial charge in [-0.05, 0) is 36.1 Å². The van der Waals surface area contributed by atoms with E-state index in [0.717, 1.165) is 16.3 Å². The second-order valence-corrected chi connectivity index (χ2v) is 7.28. The van der Waals surface area contributed by atoms with Gasteiger partial charge >= 0.3 is 0 Å². The number of aryl methyl sites for hydroxylation is 1. The SMILES string of the molecule is Cc1ccccc1-c1nc(CNC(=O)c2ccc(C(C)C)cc2)cs1. The van der Waals surface area contributed by atoms with E-state index < -0.39 is 0 Å². The van der Waals surface area contributed by atoms with Gasteiger partial charge in [-0.15, -0.1) is 11.3 Å². The maximum atomic E-state index is 12.3. The second-order valence-electron chi connectivity index (χ2n) is 6.42. The van der Waals surface area contributed by atoms with E-state index in [-0.39, 0.29) is 5.91 Å². The summed E-state index contributed by atoms with van der Waals surface area (Å²) in [6.07, 6.45) is 0. The number of rotatable bonds is 5. The van der Waals surface area contributed by atoms with Crippen LogP contribution in [0.15, 0.2) is 53.9 Å². The Morgan fingerprint density at radius 3 is 2.52 bits per heavy atom. The van der Waals surface area contributed by atoms with Crippen molar-refractivity contribution in [2.45, 2.75) is 33.2 Å². The topological polar surface area (TPSA) is 42.0 Å². The Balaban J connectivity index is 1.64. The molecule has 0 aliphatic heterocycles. The average molecular weight is 350 g/mol. The van der Waals surface area contributed by atoms with Gasteiger partial charge in [-0.1, -0.05) is 50.2 Å². The lowest BCUT2D eigenvalue weighted by Gasteiger charge is -2.07. The van der Waals surface area contributed by atoms with Crippen LogP contribution in [0.1, 0.15) is 46.9 Å². The lowest BCUT2D eigenvalue weighted by Crippen LogP contribution is -2.22. The highest BCUT2D eigenvalue weighted by molar-refractivity contribution is 7.13. The Morgan fingerprint density at radius 2 is 1.84 bits per heavy atom. The van der Waals surface area contributed by atoms with E-state index in [1.165, 1.54) is 11.1 Å². The summed E-state index contributed by atoms with van der Waals surface area (Å²) in [6, 6.07) is 16.0. The Kier molecular flexibility index (Phi) is 5.29. The lowest BCUT2D eigenvalue weighted by molar-refractivity contribution is 0.0950. The molecule has 1 N–H and O–H groups in total. The van der Waals surface area contributed by atoms with Gasteiger partial charge in [-0.2, -0.15) is 0 Å². The fourth-order valence-corrected chi connectivity index (χ4v) is 3.53. The van der Waals surface area contributed by atoms with Crippen molar-refractivity contribution in [3.63, 3.8) is 0 Å². The van der Waals surface area contributed by atoms with Crippen LogP contribution in [0.5, 0.6) is 0 Å². The molecule has 4 heteroatoms. The zero-order chi connectivity index (χ0) is 17.8. The summed E-state index contributed by atoms with van der Waals surface area (Å²) in [7, 11) is 0. The van der Waals surface area contributed by atoms with Gasteiger partial charge in [0.05, 0.1) is 12.2 Å². The quantitative estimate of drug-likeness (QED) is 0.689. The van der Waals surface area contributed by atoms with Crippen LogP contribution in [0.3, 0.4) is 0 Å². The lowest BCUT2D eigenvalue weighted by atomic mass is 10.0. The molecule has 0 atom stereocenters. The van der Waals surface area contributed by atoms with Crippen LogP contribution >= 0.6 is 11.3 Å². The first-order valence-corrected chi connectivity index (χ1v) is 9.31. The van der Waals surface area contributed by atoms with Gasteiger partial charge in [0.15, 0.2) is 0 Å². The molecular weight excluding hydrogens is 328 g/mol. The third-order valence-electron chi connectivity index (χ3n) is 4.20. The third-order valence-corrected chi connectivity index (χ3v) is 5.12. The van der Waals surface area contributed by atoms with Crippen LogP contribution in [-0.2, 0) is 6.54 Å². The number of carbonyl (C=O) groups is 1. The fourth-order valence-electron chi connectivity index (χ4n) is 2.62. The average Bonchev–Trinajstić information content (AvgIpc) is 3.09. The molecule has 3 rings (SSSR count). The molecule has 3 nitrogen and oxygen atoms in total. The Hall–Kier alpha value is -2.46. The van der Waals surface area contributed by atoms with Crippen molar-refractivity contribution in [2.75, 3.05) is 0 Å². The van der Waals surface area contributed by atoms with Gasteiger partial charge in [0.2, 0.25) is 0 Å². The summed E-state index contributed by atoms with van der Waals surface area (Å²) >= 11 is 1.61. The van der Waals surface area contributed by atoms with E-state index >= 15 is 0 Å². The normalized spacial score (nSPS) is 10.9. The Morgan fingerprint density at radius 1 is 1.12 bits per heavy atom. The van der Waals surface area contributed by atoms with Crippen molar-refractivity contribution < 1.29 is 4.79 Å². The van der Waals surface area contributed by atoms with Crippen LogP contribution in [0, 0.1) is 6.92 Å². The summed E-state index contributed by atoms with van der Waals surface area (Å²) in [4.78, 5) is 16.9. The smallest absolute Gasteiger partial charge is 0.251 e. The predicted molar refractivity (Wildman–Crippen MR) is 104 cm³/mol. The molecule has 3 aromatic rings. The first-order chi connectivity index (χ1) is 12.0. The van der Waals surface area contributed by atoms with Crippen molar-refractivity contribution in [3.8, 4) is 10.6 Å². The maximum absolute atomic E-state index is 12.3. The molecule has 1 aromatic heterocycles. The van der Waals surface area contributed by atoms with Crippen LogP contribution in [0.25, 0.3) is 10.6 Å². The summed E-state index contributed by atoms with van der Waals surface area (Å²) in [5.41, 5.74) is 5.15. The van der Waals surface area contributed by atoms with E-state index in [4.69, 9.17) is 0 Å². The molecule has 0 saturated carbocycles. The van der Waals surface area contributed by atoms with Crippen LogP contribution in [0.4, 0.5) is 0 Å². The largest absolute Gasteiger partial charge is 0.346 e. The minimum absolute atomic E-state index is 0.0688. The summed E-state index contributed by atoms with van der Waals surface area (Å²) < 4.78 is 0. The van der Waals surface area contributed by atoms with E-state index in [0.29, 0.717) is 18.0 Å². The fraction of sp³-hybridized carbons (Fsp3) is 0.238. The van der Waals surface area contributed by atoms with Crippen LogP contribution in [0.2, 0.25) is 0 Å². The number of carbonyl (C=O) groups excluding carboxylic acids is 1. The molecule has 25 heavy (non-hydrogen) atoms. The Bertz CT molecular complexity index is 866.